The van der Waals surface area contributed by atoms with Crippen LogP contribution in [0.25, 0.3) is 0 Å². The molecule has 2 N–H and O–H groups in total. The Kier molecular flexibility index (Phi) is 9.27. The third kappa shape index (κ3) is 8.71. The summed E-state index contributed by atoms with van der Waals surface area (Å²) in [7, 11) is 0. The lowest BCUT2D eigenvalue weighted by Gasteiger charge is -2.31. The summed E-state index contributed by atoms with van der Waals surface area (Å²) in [5.41, 5.74) is 4.55. The number of aromatic carboxylic acids is 1. The zero-order valence-corrected chi connectivity index (χ0v) is 23.7. The number of aliphatic hydroxyl groups excluding tert-OH is 1. The molecular weight excluding hydrogens is 500 g/mol. The average molecular weight is 541 g/mol. The highest BCUT2D eigenvalue weighted by molar-refractivity contribution is 5.88. The van der Waals surface area contributed by atoms with E-state index in [1.54, 1.807) is 28.0 Å². The zero-order valence-electron chi connectivity index (χ0n) is 23.7. The van der Waals surface area contributed by atoms with Crippen molar-refractivity contribution in [1.82, 2.24) is 9.80 Å². The van der Waals surface area contributed by atoms with Crippen LogP contribution in [0, 0.1) is 0 Å². The van der Waals surface area contributed by atoms with E-state index in [0.717, 1.165) is 28.7 Å². The van der Waals surface area contributed by atoms with Crippen molar-refractivity contribution in [3.63, 3.8) is 0 Å². The summed E-state index contributed by atoms with van der Waals surface area (Å²) in [6, 6.07) is 10.9. The highest BCUT2D eigenvalue weighted by Crippen LogP contribution is 2.23. The number of hydrogen-bond acceptors (Lipinski definition) is 6. The van der Waals surface area contributed by atoms with E-state index in [4.69, 9.17) is 19.7 Å². The molecule has 9 heteroatoms. The minimum absolute atomic E-state index is 0.0586. The van der Waals surface area contributed by atoms with E-state index in [1.165, 1.54) is 5.56 Å². The van der Waals surface area contributed by atoms with Crippen molar-refractivity contribution in [3.05, 3.63) is 69.8 Å². The van der Waals surface area contributed by atoms with E-state index in [-0.39, 0.29) is 24.4 Å². The van der Waals surface area contributed by atoms with Crippen LogP contribution in [-0.2, 0) is 42.0 Å². The molecule has 0 aromatic heterocycles. The van der Waals surface area contributed by atoms with Crippen molar-refractivity contribution < 1.29 is 34.1 Å². The van der Waals surface area contributed by atoms with Gasteiger partial charge in [0.1, 0.15) is 11.2 Å². The monoisotopic (exact) mass is 540 g/mol. The van der Waals surface area contributed by atoms with Crippen LogP contribution in [0.15, 0.2) is 36.4 Å². The molecule has 9 nitrogen and oxygen atoms in total. The van der Waals surface area contributed by atoms with Gasteiger partial charge in [0.25, 0.3) is 0 Å². The predicted molar refractivity (Wildman–Crippen MR) is 146 cm³/mol. The van der Waals surface area contributed by atoms with Crippen molar-refractivity contribution in [2.24, 2.45) is 0 Å². The first-order chi connectivity index (χ1) is 18.1. The number of carboxylic acid groups (broad SMARTS) is 1. The Bertz CT molecular complexity index is 1210. The van der Waals surface area contributed by atoms with Gasteiger partial charge in [-0.25, -0.2) is 14.4 Å². The quantitative estimate of drug-likeness (QED) is 0.541. The van der Waals surface area contributed by atoms with Gasteiger partial charge in [-0.05, 0) is 94.3 Å². The maximum absolute atomic E-state index is 12.0. The number of rotatable bonds is 2. The van der Waals surface area contributed by atoms with E-state index >= 15 is 0 Å². The van der Waals surface area contributed by atoms with Gasteiger partial charge in [-0.1, -0.05) is 24.3 Å². The molecule has 2 aliphatic rings. The Morgan fingerprint density at radius 1 is 0.744 bits per heavy atom. The van der Waals surface area contributed by atoms with Crippen LogP contribution in [0.4, 0.5) is 9.59 Å². The third-order valence-electron chi connectivity index (χ3n) is 6.23. The molecule has 0 unspecified atom stereocenters. The van der Waals surface area contributed by atoms with Gasteiger partial charge < -0.3 is 29.5 Å². The first-order valence-corrected chi connectivity index (χ1v) is 13.2. The van der Waals surface area contributed by atoms with Gasteiger partial charge in [0.15, 0.2) is 0 Å². The van der Waals surface area contributed by atoms with Crippen LogP contribution in [0.5, 0.6) is 0 Å². The van der Waals surface area contributed by atoms with Crippen LogP contribution in [-0.4, -0.2) is 62.5 Å². The lowest BCUT2D eigenvalue weighted by molar-refractivity contribution is 0.0214. The lowest BCUT2D eigenvalue weighted by atomic mass is 9.97. The molecule has 2 amide bonds. The molecule has 39 heavy (non-hydrogen) atoms. The number of benzene rings is 2. The van der Waals surface area contributed by atoms with Gasteiger partial charge >= 0.3 is 18.2 Å². The Balaban J connectivity index is 0.000000216. The molecule has 2 aromatic rings. The number of fused-ring (bicyclic) bond motifs is 2. The number of carbonyl (C=O) groups is 3. The van der Waals surface area contributed by atoms with Crippen LogP contribution in [0.3, 0.4) is 0 Å². The molecule has 0 saturated heterocycles. The fraction of sp³-hybridized carbons (Fsp3) is 0.500. The van der Waals surface area contributed by atoms with Crippen LogP contribution in [0.1, 0.15) is 79.7 Å². The standard InChI is InChI=1S/C15H19NO4.C15H21NO3/c1-15(2,3)20-14(19)16-7-6-10-8-11(13(17)18)4-5-12(10)9-16;1-15(2,3)19-14(18)16-7-6-12-8-11(10-17)4-5-13(12)9-16/h4-5,8H,6-7,9H2,1-3H3,(H,17,18);4-5,8,17H,6-7,9-10H2,1-3H3. The van der Waals surface area contributed by atoms with Gasteiger partial charge in [-0.2, -0.15) is 0 Å². The van der Waals surface area contributed by atoms with E-state index in [1.807, 2.05) is 59.7 Å². The Morgan fingerprint density at radius 3 is 1.64 bits per heavy atom. The van der Waals surface area contributed by atoms with Crippen molar-refractivity contribution in [2.75, 3.05) is 13.1 Å². The molecule has 0 fully saturated rings. The molecule has 2 aliphatic heterocycles. The van der Waals surface area contributed by atoms with Gasteiger partial charge in [0.05, 0.1) is 12.2 Å². The van der Waals surface area contributed by atoms with Crippen molar-refractivity contribution in [3.8, 4) is 0 Å². The van der Waals surface area contributed by atoms with Crippen molar-refractivity contribution >= 4 is 18.2 Å². The summed E-state index contributed by atoms with van der Waals surface area (Å²) in [5, 5.41) is 18.1. The maximum atomic E-state index is 12.0. The zero-order chi connectivity index (χ0) is 29.0. The fourth-order valence-corrected chi connectivity index (χ4v) is 4.36. The number of carboxylic acids is 1. The number of hydrogen-bond donors (Lipinski definition) is 2. The SMILES string of the molecule is CC(C)(C)OC(=O)N1CCc2cc(C(=O)O)ccc2C1.CC(C)(C)OC(=O)N1CCc2cc(CO)ccc2C1. The molecule has 2 aromatic carbocycles. The maximum Gasteiger partial charge on any atom is 0.410 e. The fourth-order valence-electron chi connectivity index (χ4n) is 4.36. The second-order valence-electron chi connectivity index (χ2n) is 11.9. The second kappa shape index (κ2) is 12.1. The topological polar surface area (TPSA) is 117 Å². The van der Waals surface area contributed by atoms with Crippen LogP contribution in [0.2, 0.25) is 0 Å². The minimum Gasteiger partial charge on any atom is -0.478 e. The number of nitrogens with zero attached hydrogens (tertiary/aromatic N) is 2. The molecule has 212 valence electrons. The summed E-state index contributed by atoms with van der Waals surface area (Å²) < 4.78 is 10.7. The summed E-state index contributed by atoms with van der Waals surface area (Å²) in [6.45, 7) is 13.4. The highest BCUT2D eigenvalue weighted by atomic mass is 16.6. The molecule has 0 aliphatic carbocycles. The molecular formula is C30H40N2O7. The van der Waals surface area contributed by atoms with E-state index in [2.05, 4.69) is 0 Å². The molecule has 0 saturated carbocycles. The Morgan fingerprint density at radius 2 is 1.21 bits per heavy atom. The largest absolute Gasteiger partial charge is 0.478 e. The number of aliphatic hydroxyl groups is 1. The van der Waals surface area contributed by atoms with Gasteiger partial charge in [0, 0.05) is 26.2 Å². The number of amides is 2. The first-order valence-electron chi connectivity index (χ1n) is 13.2. The van der Waals surface area contributed by atoms with Crippen molar-refractivity contribution in [1.29, 1.82) is 0 Å². The van der Waals surface area contributed by atoms with Crippen LogP contribution < -0.4 is 0 Å². The third-order valence-corrected chi connectivity index (χ3v) is 6.23. The second-order valence-corrected chi connectivity index (χ2v) is 11.9. The van der Waals surface area contributed by atoms with Crippen molar-refractivity contribution in [2.45, 2.75) is 85.3 Å². The van der Waals surface area contributed by atoms with Gasteiger partial charge in [-0.15, -0.1) is 0 Å². The molecule has 2 heterocycles. The average Bonchev–Trinajstić information content (AvgIpc) is 2.85. The van der Waals surface area contributed by atoms with E-state index < -0.39 is 17.2 Å². The number of carbonyl (C=O) groups excluding carboxylic acids is 2. The Hall–Kier alpha value is -3.59. The highest BCUT2D eigenvalue weighted by Gasteiger charge is 2.27. The number of ether oxygens (including phenoxy) is 2. The lowest BCUT2D eigenvalue weighted by Crippen LogP contribution is -2.39. The Labute approximate surface area is 230 Å². The summed E-state index contributed by atoms with van der Waals surface area (Å²) >= 11 is 0. The molecule has 0 radical (unpaired) electrons. The summed E-state index contributed by atoms with van der Waals surface area (Å²) in [6.07, 6.45) is 0.868. The predicted octanol–water partition coefficient (Wildman–Crippen LogP) is 5.15. The summed E-state index contributed by atoms with van der Waals surface area (Å²) in [5.74, 6) is -0.928. The molecule has 4 rings (SSSR count). The first kappa shape index (κ1) is 30.0. The molecule has 0 atom stereocenters. The normalized spacial score (nSPS) is 14.8. The van der Waals surface area contributed by atoms with Gasteiger partial charge in [0.2, 0.25) is 0 Å². The van der Waals surface area contributed by atoms with Gasteiger partial charge in [-0.3, -0.25) is 0 Å². The minimum atomic E-state index is -0.928. The molecule has 0 bridgehead atoms. The van der Waals surface area contributed by atoms with E-state index in [0.29, 0.717) is 32.6 Å². The smallest absolute Gasteiger partial charge is 0.410 e. The van der Waals surface area contributed by atoms with E-state index in [9.17, 15) is 14.4 Å². The summed E-state index contributed by atoms with van der Waals surface area (Å²) in [4.78, 5) is 38.3. The molecule has 0 spiro atoms. The van der Waals surface area contributed by atoms with Crippen LogP contribution >= 0.6 is 0 Å².